The van der Waals surface area contributed by atoms with Gasteiger partial charge in [-0.3, -0.25) is 4.79 Å². The maximum absolute atomic E-state index is 12.0. The summed E-state index contributed by atoms with van der Waals surface area (Å²) in [5, 5.41) is 0.985. The van der Waals surface area contributed by atoms with Gasteiger partial charge >= 0.3 is 0 Å². The fraction of sp³-hybridized carbons (Fsp3) is 0.462. The number of aromatic nitrogens is 2. The van der Waals surface area contributed by atoms with Gasteiger partial charge in [0, 0.05) is 25.0 Å². The molecule has 0 radical (unpaired) electrons. The van der Waals surface area contributed by atoms with E-state index < -0.39 is 0 Å². The first-order valence-corrected chi connectivity index (χ1v) is 7.39. The van der Waals surface area contributed by atoms with Crippen LogP contribution in [0, 0.1) is 6.92 Å². The van der Waals surface area contributed by atoms with Gasteiger partial charge in [0.1, 0.15) is 10.6 Å². The summed E-state index contributed by atoms with van der Waals surface area (Å²) in [6.07, 6.45) is 0.927. The van der Waals surface area contributed by atoms with Crippen molar-refractivity contribution in [2.45, 2.75) is 13.3 Å². The lowest BCUT2D eigenvalue weighted by Gasteiger charge is -2.21. The summed E-state index contributed by atoms with van der Waals surface area (Å²) in [5.41, 5.74) is 5.80. The van der Waals surface area contributed by atoms with Crippen LogP contribution in [0.1, 0.15) is 11.3 Å². The molecule has 7 heteroatoms. The van der Waals surface area contributed by atoms with Crippen LogP contribution in [0.25, 0.3) is 10.2 Å². The number of likely N-dealkylation sites (N-methyl/N-ethyl adjacent to an activating group) is 1. The summed E-state index contributed by atoms with van der Waals surface area (Å²) in [6.45, 7) is 3.96. The van der Waals surface area contributed by atoms with Crippen molar-refractivity contribution in [2.24, 2.45) is 0 Å². The normalized spacial score (nSPS) is 16.8. The summed E-state index contributed by atoms with van der Waals surface area (Å²) in [6, 6.07) is 2.06. The van der Waals surface area contributed by atoms with Gasteiger partial charge in [0.25, 0.3) is 0 Å². The minimum atomic E-state index is 0.111. The number of rotatable bonds is 1. The third-order valence-corrected chi connectivity index (χ3v) is 4.43. The molecule has 106 valence electrons. The van der Waals surface area contributed by atoms with Crippen molar-refractivity contribution in [1.82, 2.24) is 14.9 Å². The summed E-state index contributed by atoms with van der Waals surface area (Å²) < 4.78 is 0. The summed E-state index contributed by atoms with van der Waals surface area (Å²) >= 11 is 1.60. The Kier molecular flexibility index (Phi) is 3.21. The molecule has 0 aromatic carbocycles. The largest absolute Gasteiger partial charge is 0.368 e. The summed E-state index contributed by atoms with van der Waals surface area (Å²) in [4.78, 5) is 26.5. The van der Waals surface area contributed by atoms with Crippen LogP contribution in [0.4, 0.5) is 11.8 Å². The van der Waals surface area contributed by atoms with E-state index in [0.29, 0.717) is 6.54 Å². The van der Waals surface area contributed by atoms with Crippen molar-refractivity contribution in [3.63, 3.8) is 0 Å². The van der Waals surface area contributed by atoms with Crippen LogP contribution in [-0.2, 0) is 4.79 Å². The quantitative estimate of drug-likeness (QED) is 0.856. The standard InChI is InChI=1S/C13H17N5OS/c1-8-6-9-11(15-13(14)16-12(9)20-8)18-5-3-4-17(2)10(19)7-18/h6H,3-5,7H2,1-2H3,(H2,14,15,16). The van der Waals surface area contributed by atoms with E-state index in [-0.39, 0.29) is 11.9 Å². The lowest BCUT2D eigenvalue weighted by Crippen LogP contribution is -2.34. The van der Waals surface area contributed by atoms with E-state index in [1.807, 2.05) is 18.9 Å². The number of carbonyl (C=O) groups excluding carboxylic acids is 1. The molecule has 2 aromatic heterocycles. The van der Waals surface area contributed by atoms with E-state index in [0.717, 1.165) is 35.5 Å². The summed E-state index contributed by atoms with van der Waals surface area (Å²) in [5.74, 6) is 1.15. The van der Waals surface area contributed by atoms with Gasteiger partial charge < -0.3 is 15.5 Å². The number of aryl methyl sites for hydroxylation is 1. The first-order chi connectivity index (χ1) is 9.54. The molecule has 1 saturated heterocycles. The third-order valence-electron chi connectivity index (χ3n) is 3.49. The molecule has 0 saturated carbocycles. The van der Waals surface area contributed by atoms with Gasteiger partial charge in [-0.15, -0.1) is 11.3 Å². The molecule has 1 amide bonds. The number of anilines is 2. The molecule has 20 heavy (non-hydrogen) atoms. The highest BCUT2D eigenvalue weighted by molar-refractivity contribution is 7.18. The number of nitrogen functional groups attached to an aromatic ring is 1. The van der Waals surface area contributed by atoms with E-state index in [2.05, 4.69) is 16.0 Å². The summed E-state index contributed by atoms with van der Waals surface area (Å²) in [7, 11) is 1.84. The molecule has 0 aliphatic carbocycles. The lowest BCUT2D eigenvalue weighted by atomic mass is 10.3. The first kappa shape index (κ1) is 13.1. The van der Waals surface area contributed by atoms with Crippen LogP contribution in [0.15, 0.2) is 6.07 Å². The Morgan fingerprint density at radius 1 is 1.35 bits per heavy atom. The molecule has 2 aromatic rings. The second-order valence-corrected chi connectivity index (χ2v) is 6.31. The fourth-order valence-corrected chi connectivity index (χ4v) is 3.33. The molecule has 3 rings (SSSR count). The topological polar surface area (TPSA) is 75.3 Å². The van der Waals surface area contributed by atoms with Gasteiger partial charge in [-0.2, -0.15) is 4.98 Å². The Hall–Kier alpha value is -1.89. The Balaban J connectivity index is 2.06. The van der Waals surface area contributed by atoms with Crippen LogP contribution in [0.3, 0.4) is 0 Å². The van der Waals surface area contributed by atoms with E-state index in [9.17, 15) is 4.79 Å². The maximum atomic E-state index is 12.0. The van der Waals surface area contributed by atoms with Crippen molar-refractivity contribution in [3.05, 3.63) is 10.9 Å². The van der Waals surface area contributed by atoms with Crippen LogP contribution in [0.5, 0.6) is 0 Å². The van der Waals surface area contributed by atoms with Gasteiger partial charge in [0.15, 0.2) is 0 Å². The van der Waals surface area contributed by atoms with Crippen molar-refractivity contribution in [1.29, 1.82) is 0 Å². The molecule has 6 nitrogen and oxygen atoms in total. The monoisotopic (exact) mass is 291 g/mol. The SMILES string of the molecule is Cc1cc2c(N3CCCN(C)C(=O)C3)nc(N)nc2s1. The highest BCUT2D eigenvalue weighted by Gasteiger charge is 2.22. The number of fused-ring (bicyclic) bond motifs is 1. The molecule has 1 aliphatic rings. The number of hydrogen-bond donors (Lipinski definition) is 1. The number of amides is 1. The van der Waals surface area contributed by atoms with Crippen LogP contribution in [0.2, 0.25) is 0 Å². The zero-order chi connectivity index (χ0) is 14.3. The Labute approximate surface area is 121 Å². The molecule has 3 heterocycles. The van der Waals surface area contributed by atoms with Gasteiger partial charge in [-0.05, 0) is 19.4 Å². The highest BCUT2D eigenvalue weighted by Crippen LogP contribution is 2.31. The van der Waals surface area contributed by atoms with Gasteiger partial charge in [0.05, 0.1) is 11.9 Å². The number of carbonyl (C=O) groups is 1. The van der Waals surface area contributed by atoms with Gasteiger partial charge in [0.2, 0.25) is 11.9 Å². The molecule has 0 bridgehead atoms. The molecular weight excluding hydrogens is 274 g/mol. The molecule has 0 unspecified atom stereocenters. The molecule has 0 atom stereocenters. The van der Waals surface area contributed by atoms with Crippen molar-refractivity contribution >= 4 is 39.2 Å². The average molecular weight is 291 g/mol. The first-order valence-electron chi connectivity index (χ1n) is 6.57. The predicted molar refractivity (Wildman–Crippen MR) is 81.0 cm³/mol. The van der Waals surface area contributed by atoms with E-state index >= 15 is 0 Å². The molecular formula is C13H17N5OS. The highest BCUT2D eigenvalue weighted by atomic mass is 32.1. The van der Waals surface area contributed by atoms with Gasteiger partial charge in [-0.1, -0.05) is 0 Å². The number of nitrogens with two attached hydrogens (primary N) is 1. The third kappa shape index (κ3) is 2.29. The van der Waals surface area contributed by atoms with E-state index in [1.54, 1.807) is 16.2 Å². The van der Waals surface area contributed by atoms with Gasteiger partial charge in [-0.25, -0.2) is 4.98 Å². The molecule has 0 spiro atoms. The van der Waals surface area contributed by atoms with Crippen LogP contribution in [-0.4, -0.2) is 47.5 Å². The fourth-order valence-electron chi connectivity index (χ4n) is 2.45. The zero-order valence-electron chi connectivity index (χ0n) is 11.6. The number of hydrogen-bond acceptors (Lipinski definition) is 6. The predicted octanol–water partition coefficient (Wildman–Crippen LogP) is 1.25. The Morgan fingerprint density at radius 2 is 2.15 bits per heavy atom. The smallest absolute Gasteiger partial charge is 0.241 e. The van der Waals surface area contributed by atoms with Crippen molar-refractivity contribution < 1.29 is 4.79 Å². The number of thiophene rings is 1. The molecule has 1 fully saturated rings. The molecule has 1 aliphatic heterocycles. The van der Waals surface area contributed by atoms with Crippen molar-refractivity contribution in [3.8, 4) is 0 Å². The average Bonchev–Trinajstić information content (AvgIpc) is 2.67. The van der Waals surface area contributed by atoms with Crippen LogP contribution >= 0.6 is 11.3 Å². The Morgan fingerprint density at radius 3 is 2.95 bits per heavy atom. The second kappa shape index (κ2) is 4.90. The minimum absolute atomic E-state index is 0.111. The Bertz CT molecular complexity index is 668. The number of nitrogens with zero attached hydrogens (tertiary/aromatic N) is 4. The van der Waals surface area contributed by atoms with Crippen LogP contribution < -0.4 is 10.6 Å². The minimum Gasteiger partial charge on any atom is -0.368 e. The van der Waals surface area contributed by atoms with E-state index in [4.69, 9.17) is 5.73 Å². The van der Waals surface area contributed by atoms with Crippen molar-refractivity contribution in [2.75, 3.05) is 37.3 Å². The maximum Gasteiger partial charge on any atom is 0.241 e. The lowest BCUT2D eigenvalue weighted by molar-refractivity contribution is -0.127. The second-order valence-electron chi connectivity index (χ2n) is 5.07. The zero-order valence-corrected chi connectivity index (χ0v) is 12.4. The van der Waals surface area contributed by atoms with E-state index in [1.165, 1.54) is 4.88 Å². The molecule has 2 N–H and O–H groups in total.